The predicted molar refractivity (Wildman–Crippen MR) is 32.7 cm³/mol. The molecule has 0 aliphatic rings. The Hall–Kier alpha value is -1.04. The van der Waals surface area contributed by atoms with Gasteiger partial charge >= 0.3 is 10.5 Å². The number of halogens is 4. The average Bonchev–Trinajstić information content (AvgIpc) is 2.08. The summed E-state index contributed by atoms with van der Waals surface area (Å²) in [5, 5.41) is 0. The smallest absolute Gasteiger partial charge is 0.341 e. The molecule has 0 fully saturated rings. The quantitative estimate of drug-likeness (QED) is 0.285. The lowest BCUT2D eigenvalue weighted by Gasteiger charge is -2.03. The van der Waals surface area contributed by atoms with Crippen molar-refractivity contribution >= 4 is 10.5 Å². The summed E-state index contributed by atoms with van der Waals surface area (Å²) in [6, 6.07) is 0.390. The number of benzene rings is 1. The molecule has 1 nitrogen and oxygen atoms in total. The Bertz CT molecular complexity index is 315. The van der Waals surface area contributed by atoms with Crippen LogP contribution < -0.4 is 4.43 Å². The summed E-state index contributed by atoms with van der Waals surface area (Å²) in [6.07, 6.45) is 0. The molecule has 0 heterocycles. The molecule has 0 atom stereocenters. The number of rotatable bonds is 1. The van der Waals surface area contributed by atoms with Crippen LogP contribution in [0.2, 0.25) is 0 Å². The van der Waals surface area contributed by atoms with Gasteiger partial charge in [-0.25, -0.2) is 13.2 Å². The molecule has 0 spiro atoms. The van der Waals surface area contributed by atoms with Gasteiger partial charge in [0.1, 0.15) is 5.75 Å². The van der Waals surface area contributed by atoms with E-state index in [1.807, 2.05) is 0 Å². The molecule has 1 aromatic rings. The first-order chi connectivity index (χ1) is 5.57. The summed E-state index contributed by atoms with van der Waals surface area (Å²) in [6.45, 7) is 0. The highest BCUT2D eigenvalue weighted by atomic mass is 28.2. The second kappa shape index (κ2) is 3.14. The fraction of sp³-hybridized carbons (Fsp3) is 0. The zero-order valence-corrected chi connectivity index (χ0v) is 6.50. The number of hydrogen-bond donors (Lipinski definition) is 0. The largest absolute Gasteiger partial charge is 0.538 e. The normalized spacial score (nSPS) is 10.1. The van der Waals surface area contributed by atoms with Crippen LogP contribution in [0.15, 0.2) is 6.07 Å². The van der Waals surface area contributed by atoms with Crippen molar-refractivity contribution in [1.29, 1.82) is 0 Å². The Kier molecular flexibility index (Phi) is 2.37. The van der Waals surface area contributed by atoms with Crippen molar-refractivity contribution < 1.29 is 22.0 Å². The van der Waals surface area contributed by atoms with Crippen LogP contribution >= 0.6 is 0 Å². The van der Waals surface area contributed by atoms with Crippen LogP contribution in [0, 0.1) is 23.3 Å². The van der Waals surface area contributed by atoms with Gasteiger partial charge in [-0.2, -0.15) is 4.39 Å². The van der Waals surface area contributed by atoms with Gasteiger partial charge in [-0.3, -0.25) is 0 Å². The van der Waals surface area contributed by atoms with Crippen molar-refractivity contribution in [3.8, 4) is 5.75 Å². The van der Waals surface area contributed by atoms with Gasteiger partial charge in [0.25, 0.3) is 0 Å². The van der Waals surface area contributed by atoms with E-state index in [1.54, 1.807) is 0 Å². The minimum absolute atomic E-state index is 0.390. The third-order valence-electron chi connectivity index (χ3n) is 1.18. The zero-order valence-electron chi connectivity index (χ0n) is 5.50. The van der Waals surface area contributed by atoms with Gasteiger partial charge in [0.15, 0.2) is 11.6 Å². The van der Waals surface area contributed by atoms with Crippen molar-refractivity contribution in [2.45, 2.75) is 0 Å². The van der Waals surface area contributed by atoms with Gasteiger partial charge < -0.3 is 4.43 Å². The fourth-order valence-corrected chi connectivity index (χ4v) is 0.774. The molecular formula is C6HF4OSi. The standard InChI is InChI=1S/C6HF4OSi/c7-2-1-3(11-12)5(9)6(10)4(2)8/h1H. The van der Waals surface area contributed by atoms with Crippen LogP contribution in [0.4, 0.5) is 17.6 Å². The molecule has 0 saturated heterocycles. The van der Waals surface area contributed by atoms with Crippen molar-refractivity contribution in [2.24, 2.45) is 0 Å². The molecule has 0 aromatic heterocycles. The predicted octanol–water partition coefficient (Wildman–Crippen LogP) is 1.71. The second-order valence-electron chi connectivity index (χ2n) is 1.90. The fourth-order valence-electron chi connectivity index (χ4n) is 0.625. The second-order valence-corrected chi connectivity index (χ2v) is 2.10. The molecule has 0 saturated carbocycles. The minimum Gasteiger partial charge on any atom is -0.538 e. The zero-order chi connectivity index (χ0) is 9.30. The highest BCUT2D eigenvalue weighted by Crippen LogP contribution is 2.23. The molecule has 6 heteroatoms. The van der Waals surface area contributed by atoms with E-state index in [0.29, 0.717) is 6.07 Å². The SMILES string of the molecule is Fc1cc(O[Si])c(F)c(F)c1F. The molecule has 0 unspecified atom stereocenters. The summed E-state index contributed by atoms with van der Waals surface area (Å²) in [7, 11) is 2.35. The van der Waals surface area contributed by atoms with Crippen LogP contribution in [-0.2, 0) is 0 Å². The van der Waals surface area contributed by atoms with E-state index < -0.39 is 29.0 Å². The Morgan fingerprint density at radius 1 is 1.00 bits per heavy atom. The van der Waals surface area contributed by atoms with Crippen LogP contribution in [0.5, 0.6) is 5.75 Å². The Morgan fingerprint density at radius 3 is 2.08 bits per heavy atom. The van der Waals surface area contributed by atoms with Gasteiger partial charge in [0.05, 0.1) is 0 Å². The van der Waals surface area contributed by atoms with Crippen molar-refractivity contribution in [3.05, 3.63) is 29.3 Å². The van der Waals surface area contributed by atoms with Crippen molar-refractivity contribution in [1.82, 2.24) is 0 Å². The first kappa shape index (κ1) is 9.05. The van der Waals surface area contributed by atoms with Crippen LogP contribution in [-0.4, -0.2) is 10.5 Å². The third kappa shape index (κ3) is 1.29. The van der Waals surface area contributed by atoms with Gasteiger partial charge in [-0.1, -0.05) is 0 Å². The summed E-state index contributed by atoms with van der Waals surface area (Å²) < 4.78 is 53.5. The molecule has 3 radical (unpaired) electrons. The molecule has 1 aromatic carbocycles. The summed E-state index contributed by atoms with van der Waals surface area (Å²) in [5.41, 5.74) is 0. The minimum atomic E-state index is -1.90. The summed E-state index contributed by atoms with van der Waals surface area (Å²) in [5.74, 6) is -7.60. The van der Waals surface area contributed by atoms with Crippen LogP contribution in [0.25, 0.3) is 0 Å². The van der Waals surface area contributed by atoms with Gasteiger partial charge in [0.2, 0.25) is 11.6 Å². The lowest BCUT2D eigenvalue weighted by molar-refractivity contribution is 0.391. The van der Waals surface area contributed by atoms with E-state index in [2.05, 4.69) is 14.9 Å². The van der Waals surface area contributed by atoms with Gasteiger partial charge in [-0.05, 0) is 0 Å². The number of hydrogen-bond acceptors (Lipinski definition) is 1. The van der Waals surface area contributed by atoms with Crippen LogP contribution in [0.3, 0.4) is 0 Å². The Morgan fingerprint density at radius 2 is 1.58 bits per heavy atom. The maximum atomic E-state index is 12.5. The lowest BCUT2D eigenvalue weighted by atomic mass is 10.3. The summed E-state index contributed by atoms with van der Waals surface area (Å²) in [4.78, 5) is 0. The van der Waals surface area contributed by atoms with Gasteiger partial charge in [0, 0.05) is 6.07 Å². The average molecular weight is 193 g/mol. The summed E-state index contributed by atoms with van der Waals surface area (Å²) >= 11 is 0. The van der Waals surface area contributed by atoms with E-state index in [0.717, 1.165) is 0 Å². The highest BCUT2D eigenvalue weighted by Gasteiger charge is 2.18. The van der Waals surface area contributed by atoms with E-state index in [1.165, 1.54) is 0 Å². The molecular weight excluding hydrogens is 192 g/mol. The van der Waals surface area contributed by atoms with E-state index in [9.17, 15) is 17.6 Å². The monoisotopic (exact) mass is 193 g/mol. The third-order valence-corrected chi connectivity index (χ3v) is 1.40. The molecule has 12 heavy (non-hydrogen) atoms. The first-order valence-corrected chi connectivity index (χ1v) is 3.15. The molecule has 0 aliphatic carbocycles. The van der Waals surface area contributed by atoms with E-state index in [4.69, 9.17) is 0 Å². The Labute approximate surface area is 68.5 Å². The Balaban J connectivity index is 3.39. The van der Waals surface area contributed by atoms with E-state index >= 15 is 0 Å². The maximum absolute atomic E-state index is 12.5. The highest BCUT2D eigenvalue weighted by molar-refractivity contribution is 5.99. The van der Waals surface area contributed by atoms with E-state index in [-0.39, 0.29) is 0 Å². The molecule has 0 aliphatic heterocycles. The molecule has 0 N–H and O–H groups in total. The molecule has 1 rings (SSSR count). The van der Waals surface area contributed by atoms with Crippen molar-refractivity contribution in [3.63, 3.8) is 0 Å². The molecule has 63 valence electrons. The topological polar surface area (TPSA) is 9.23 Å². The lowest BCUT2D eigenvalue weighted by Crippen LogP contribution is -1.99. The first-order valence-electron chi connectivity index (χ1n) is 2.74. The molecule has 0 bridgehead atoms. The molecule has 0 amide bonds. The van der Waals surface area contributed by atoms with Gasteiger partial charge in [-0.15, -0.1) is 0 Å². The van der Waals surface area contributed by atoms with Crippen molar-refractivity contribution in [2.75, 3.05) is 0 Å². The maximum Gasteiger partial charge on any atom is 0.341 e. The van der Waals surface area contributed by atoms with Crippen LogP contribution in [0.1, 0.15) is 0 Å².